The summed E-state index contributed by atoms with van der Waals surface area (Å²) in [5.41, 5.74) is 1.32. The average molecular weight is 287 g/mol. The minimum absolute atomic E-state index is 0.0648. The Hall–Kier alpha value is -1.35. The molecule has 0 aliphatic heterocycles. The van der Waals surface area contributed by atoms with Gasteiger partial charge in [-0.3, -0.25) is 4.79 Å². The Kier molecular flexibility index (Phi) is 3.78. The number of aryl methyl sites for hydroxylation is 1. The Labute approximate surface area is 126 Å². The molecule has 1 saturated carbocycles. The van der Waals surface area contributed by atoms with E-state index in [0.29, 0.717) is 6.54 Å². The highest BCUT2D eigenvalue weighted by molar-refractivity contribution is 5.88. The van der Waals surface area contributed by atoms with Crippen molar-refractivity contribution in [3.8, 4) is 0 Å². The second kappa shape index (κ2) is 5.45. The third-order valence-corrected chi connectivity index (χ3v) is 5.35. The summed E-state index contributed by atoms with van der Waals surface area (Å²) in [4.78, 5) is 12.8. The van der Waals surface area contributed by atoms with Gasteiger partial charge in [-0.2, -0.15) is 0 Å². The van der Waals surface area contributed by atoms with E-state index in [1.807, 2.05) is 19.1 Å². The Balaban J connectivity index is 1.75. The van der Waals surface area contributed by atoms with Crippen LogP contribution in [0.4, 0.5) is 0 Å². The first-order chi connectivity index (χ1) is 10.0. The largest absolute Gasteiger partial charge is 0.388 e. The molecule has 114 valence electrons. The van der Waals surface area contributed by atoms with Crippen LogP contribution >= 0.6 is 0 Å². The van der Waals surface area contributed by atoms with Gasteiger partial charge in [-0.1, -0.05) is 37.1 Å². The van der Waals surface area contributed by atoms with Crippen molar-refractivity contribution in [2.24, 2.45) is 0 Å². The van der Waals surface area contributed by atoms with Crippen LogP contribution in [0.1, 0.15) is 56.6 Å². The van der Waals surface area contributed by atoms with Crippen molar-refractivity contribution in [2.75, 3.05) is 6.54 Å². The Morgan fingerprint density at radius 1 is 1.19 bits per heavy atom. The molecule has 0 heterocycles. The lowest BCUT2D eigenvalue weighted by atomic mass is 9.70. The third kappa shape index (κ3) is 2.71. The molecule has 0 aromatic heterocycles. The molecule has 21 heavy (non-hydrogen) atoms. The van der Waals surface area contributed by atoms with Gasteiger partial charge >= 0.3 is 0 Å². The van der Waals surface area contributed by atoms with E-state index >= 15 is 0 Å². The molecule has 0 spiro atoms. The molecule has 0 saturated heterocycles. The molecule has 2 aliphatic carbocycles. The number of amides is 1. The quantitative estimate of drug-likeness (QED) is 0.898. The van der Waals surface area contributed by atoms with Crippen LogP contribution in [0.3, 0.4) is 0 Å². The topological polar surface area (TPSA) is 49.3 Å². The summed E-state index contributed by atoms with van der Waals surface area (Å²) in [7, 11) is 0. The lowest BCUT2D eigenvalue weighted by Crippen LogP contribution is -2.49. The highest BCUT2D eigenvalue weighted by atomic mass is 16.3. The summed E-state index contributed by atoms with van der Waals surface area (Å²) < 4.78 is 0. The van der Waals surface area contributed by atoms with E-state index in [9.17, 15) is 9.90 Å². The first kappa shape index (κ1) is 14.6. The number of carbonyl (C=O) groups is 1. The number of fused-ring (bicyclic) bond motifs is 1. The first-order valence-corrected chi connectivity index (χ1v) is 8.13. The predicted molar refractivity (Wildman–Crippen MR) is 83.2 cm³/mol. The van der Waals surface area contributed by atoms with E-state index < -0.39 is 11.0 Å². The molecular weight excluding hydrogens is 262 g/mol. The molecule has 1 aromatic rings. The number of benzene rings is 1. The van der Waals surface area contributed by atoms with E-state index in [0.717, 1.165) is 50.5 Å². The Bertz CT molecular complexity index is 534. The van der Waals surface area contributed by atoms with Crippen molar-refractivity contribution in [1.82, 2.24) is 5.32 Å². The monoisotopic (exact) mass is 287 g/mol. The summed E-state index contributed by atoms with van der Waals surface area (Å²) in [6.45, 7) is 2.43. The second-order valence-corrected chi connectivity index (χ2v) is 6.96. The number of rotatable bonds is 3. The summed E-state index contributed by atoms with van der Waals surface area (Å²) in [6, 6.07) is 8.27. The van der Waals surface area contributed by atoms with Crippen LogP contribution in [0.2, 0.25) is 0 Å². The highest BCUT2D eigenvalue weighted by Gasteiger charge is 2.40. The molecule has 1 atom stereocenters. The minimum atomic E-state index is -0.680. The molecule has 1 unspecified atom stereocenters. The van der Waals surface area contributed by atoms with Crippen molar-refractivity contribution >= 4 is 5.91 Å². The fraction of sp³-hybridized carbons (Fsp3) is 0.611. The third-order valence-electron chi connectivity index (χ3n) is 5.35. The number of nitrogens with one attached hydrogen (secondary N) is 1. The summed E-state index contributed by atoms with van der Waals surface area (Å²) in [6.07, 6.45) is 6.72. The lowest BCUT2D eigenvalue weighted by molar-refractivity contribution is -0.128. The van der Waals surface area contributed by atoms with Crippen LogP contribution in [0, 0.1) is 0 Å². The maximum atomic E-state index is 12.8. The zero-order chi connectivity index (χ0) is 14.9. The van der Waals surface area contributed by atoms with Gasteiger partial charge in [0.05, 0.1) is 11.0 Å². The molecule has 1 fully saturated rings. The number of hydrogen-bond donors (Lipinski definition) is 2. The molecule has 0 radical (unpaired) electrons. The summed E-state index contributed by atoms with van der Waals surface area (Å²) >= 11 is 0. The SMILES string of the molecule is CC1(C(=O)NCC2(O)CCCC2)CCCc2ccccc21. The zero-order valence-electron chi connectivity index (χ0n) is 12.8. The fourth-order valence-corrected chi connectivity index (χ4v) is 3.93. The molecule has 0 bridgehead atoms. The minimum Gasteiger partial charge on any atom is -0.388 e. The van der Waals surface area contributed by atoms with Gasteiger partial charge in [0.1, 0.15) is 0 Å². The molecule has 3 nitrogen and oxygen atoms in total. The number of aliphatic hydroxyl groups is 1. The van der Waals surface area contributed by atoms with Gasteiger partial charge < -0.3 is 10.4 Å². The smallest absolute Gasteiger partial charge is 0.230 e. The standard InChI is InChI=1S/C18H25NO2/c1-17(10-6-8-14-7-2-3-9-15(14)17)16(20)19-13-18(21)11-4-5-12-18/h2-3,7,9,21H,4-6,8,10-13H2,1H3,(H,19,20). The van der Waals surface area contributed by atoms with Gasteiger partial charge in [-0.25, -0.2) is 0 Å². The van der Waals surface area contributed by atoms with Gasteiger partial charge in [0, 0.05) is 6.54 Å². The van der Waals surface area contributed by atoms with E-state index in [2.05, 4.69) is 17.4 Å². The average Bonchev–Trinajstić information content (AvgIpc) is 2.92. The fourth-order valence-electron chi connectivity index (χ4n) is 3.93. The van der Waals surface area contributed by atoms with E-state index in [1.54, 1.807) is 0 Å². The van der Waals surface area contributed by atoms with Gasteiger partial charge in [0.25, 0.3) is 0 Å². The van der Waals surface area contributed by atoms with Crippen molar-refractivity contribution in [3.05, 3.63) is 35.4 Å². The molecule has 3 rings (SSSR count). The molecule has 2 aliphatic rings. The van der Waals surface area contributed by atoms with Gasteiger partial charge in [0.15, 0.2) is 0 Å². The van der Waals surface area contributed by atoms with Crippen LogP contribution in [-0.4, -0.2) is 23.2 Å². The predicted octanol–water partition coefficient (Wildman–Crippen LogP) is 2.70. The first-order valence-electron chi connectivity index (χ1n) is 8.13. The number of carbonyl (C=O) groups excluding carboxylic acids is 1. The zero-order valence-corrected chi connectivity index (χ0v) is 12.8. The molecule has 2 N–H and O–H groups in total. The van der Waals surface area contributed by atoms with Gasteiger partial charge in [-0.05, 0) is 50.2 Å². The second-order valence-electron chi connectivity index (χ2n) is 6.96. The van der Waals surface area contributed by atoms with Gasteiger partial charge in [0.2, 0.25) is 5.91 Å². The van der Waals surface area contributed by atoms with E-state index in [-0.39, 0.29) is 5.91 Å². The summed E-state index contributed by atoms with van der Waals surface area (Å²) in [5.74, 6) is 0.0648. The maximum Gasteiger partial charge on any atom is 0.230 e. The molecule has 1 aromatic carbocycles. The molecule has 3 heteroatoms. The van der Waals surface area contributed by atoms with Crippen molar-refractivity contribution in [1.29, 1.82) is 0 Å². The molecule has 1 amide bonds. The molecular formula is C18H25NO2. The normalized spacial score (nSPS) is 27.1. The van der Waals surface area contributed by atoms with Crippen molar-refractivity contribution in [3.63, 3.8) is 0 Å². The maximum absolute atomic E-state index is 12.8. The van der Waals surface area contributed by atoms with Crippen molar-refractivity contribution in [2.45, 2.75) is 62.9 Å². The lowest BCUT2D eigenvalue weighted by Gasteiger charge is -2.35. The highest BCUT2D eigenvalue weighted by Crippen LogP contribution is 2.37. The Morgan fingerprint density at radius 2 is 1.90 bits per heavy atom. The van der Waals surface area contributed by atoms with Crippen LogP contribution in [0.5, 0.6) is 0 Å². The number of hydrogen-bond acceptors (Lipinski definition) is 2. The van der Waals surface area contributed by atoms with Gasteiger partial charge in [-0.15, -0.1) is 0 Å². The van der Waals surface area contributed by atoms with Crippen LogP contribution in [0.15, 0.2) is 24.3 Å². The Morgan fingerprint density at radius 3 is 2.67 bits per heavy atom. The van der Waals surface area contributed by atoms with E-state index in [1.165, 1.54) is 5.56 Å². The van der Waals surface area contributed by atoms with E-state index in [4.69, 9.17) is 0 Å². The van der Waals surface area contributed by atoms with Crippen LogP contribution < -0.4 is 5.32 Å². The summed E-state index contributed by atoms with van der Waals surface area (Å²) in [5, 5.41) is 13.4. The van der Waals surface area contributed by atoms with Crippen molar-refractivity contribution < 1.29 is 9.90 Å². The van der Waals surface area contributed by atoms with Crippen LogP contribution in [-0.2, 0) is 16.6 Å². The van der Waals surface area contributed by atoms with Crippen LogP contribution in [0.25, 0.3) is 0 Å².